The Balaban J connectivity index is 4.59. The van der Waals surface area contributed by atoms with Gasteiger partial charge in [-0.15, -0.1) is 0 Å². The molecular weight excluding hydrogens is 202 g/mol. The molecule has 1 radical (unpaired) electrons. The van der Waals surface area contributed by atoms with Gasteiger partial charge in [-0.2, -0.15) is 0 Å². The summed E-state index contributed by atoms with van der Waals surface area (Å²) in [4.78, 5) is 32.4. The van der Waals surface area contributed by atoms with Gasteiger partial charge in [-0.05, 0) is 6.42 Å². The van der Waals surface area contributed by atoms with Crippen molar-refractivity contribution in [2.24, 2.45) is 23.1 Å². The first-order valence-corrected chi connectivity index (χ1v) is 4.26. The first-order valence-electron chi connectivity index (χ1n) is 4.26. The molecule has 0 aromatic rings. The number of nitrogens with two attached hydrogens (primary N) is 3. The summed E-state index contributed by atoms with van der Waals surface area (Å²) in [6.45, 7) is -0.595. The van der Waals surface area contributed by atoms with Crippen molar-refractivity contribution in [1.29, 1.82) is 0 Å². The topological polar surface area (TPSA) is 150 Å². The Bertz CT molecular complexity index is 256. The van der Waals surface area contributed by atoms with Gasteiger partial charge in [0, 0.05) is 0 Å². The lowest BCUT2D eigenvalue weighted by molar-refractivity contribution is -0.133. The molecule has 0 saturated heterocycles. The quantitative estimate of drug-likeness (QED) is 0.329. The Morgan fingerprint density at radius 2 is 1.87 bits per heavy atom. The van der Waals surface area contributed by atoms with E-state index in [2.05, 4.69) is 0 Å². The van der Waals surface area contributed by atoms with Crippen LogP contribution in [0.15, 0.2) is 0 Å². The van der Waals surface area contributed by atoms with Crippen LogP contribution in [0.5, 0.6) is 0 Å². The molecule has 0 aromatic heterocycles. The molecule has 7 N–H and O–H groups in total. The van der Waals surface area contributed by atoms with E-state index in [1.807, 2.05) is 0 Å². The van der Waals surface area contributed by atoms with E-state index >= 15 is 0 Å². The number of rotatable bonds is 7. The maximum absolute atomic E-state index is 11.4. The summed E-state index contributed by atoms with van der Waals surface area (Å²) in [5, 5.41) is 8.62. The van der Waals surface area contributed by atoms with Crippen LogP contribution in [-0.4, -0.2) is 41.8 Å². The second kappa shape index (κ2) is 6.23. The van der Waals surface area contributed by atoms with E-state index in [0.29, 0.717) is 0 Å². The standard InChI is InChI=1S/C8H14N3O4/c9-4(2-12)1-5(8(11)15)7(14)6(10)3-13/h4-6,13H,1,3,9-10H2,(H2,11,15)/t4-,5?,6-/m0/s1. The molecule has 15 heavy (non-hydrogen) atoms. The van der Waals surface area contributed by atoms with Gasteiger partial charge in [-0.25, -0.2) is 0 Å². The van der Waals surface area contributed by atoms with E-state index in [-0.39, 0.29) is 6.42 Å². The number of ketones is 1. The molecule has 7 heteroatoms. The third-order valence-electron chi connectivity index (χ3n) is 1.89. The molecule has 7 nitrogen and oxygen atoms in total. The molecule has 0 aliphatic rings. The number of primary amides is 1. The Morgan fingerprint density at radius 3 is 2.20 bits per heavy atom. The van der Waals surface area contributed by atoms with Crippen LogP contribution in [0.4, 0.5) is 0 Å². The number of hydrogen-bond donors (Lipinski definition) is 4. The zero-order valence-corrected chi connectivity index (χ0v) is 8.05. The maximum Gasteiger partial charge on any atom is 0.228 e. The van der Waals surface area contributed by atoms with Gasteiger partial charge in [0.1, 0.15) is 0 Å². The maximum atomic E-state index is 11.4. The molecule has 85 valence electrons. The lowest BCUT2D eigenvalue weighted by Gasteiger charge is -2.16. The van der Waals surface area contributed by atoms with Crippen LogP contribution in [0.2, 0.25) is 0 Å². The normalized spacial score (nSPS) is 16.5. The van der Waals surface area contributed by atoms with Crippen LogP contribution in [0.1, 0.15) is 6.42 Å². The van der Waals surface area contributed by atoms with Crippen LogP contribution >= 0.6 is 0 Å². The largest absolute Gasteiger partial charge is 0.394 e. The predicted molar refractivity (Wildman–Crippen MR) is 51.0 cm³/mol. The van der Waals surface area contributed by atoms with Crippen molar-refractivity contribution in [2.45, 2.75) is 18.5 Å². The molecule has 3 atom stereocenters. The fourth-order valence-corrected chi connectivity index (χ4v) is 1.02. The van der Waals surface area contributed by atoms with Crippen molar-refractivity contribution in [2.75, 3.05) is 6.61 Å². The lowest BCUT2D eigenvalue weighted by atomic mass is 9.92. The minimum absolute atomic E-state index is 0.245. The number of aliphatic hydroxyl groups excluding tert-OH is 1. The van der Waals surface area contributed by atoms with Gasteiger partial charge in [0.25, 0.3) is 0 Å². The molecule has 0 saturated carbocycles. The van der Waals surface area contributed by atoms with Gasteiger partial charge in [-0.1, -0.05) is 0 Å². The number of Topliss-reactive ketones (excluding diaryl/α,β-unsaturated/α-hetero) is 1. The summed E-state index contributed by atoms with van der Waals surface area (Å²) < 4.78 is 0. The van der Waals surface area contributed by atoms with Crippen molar-refractivity contribution in [1.82, 2.24) is 0 Å². The van der Waals surface area contributed by atoms with Crippen molar-refractivity contribution in [3.05, 3.63) is 0 Å². The van der Waals surface area contributed by atoms with Crippen molar-refractivity contribution < 1.29 is 19.5 Å². The van der Waals surface area contributed by atoms with Crippen molar-refractivity contribution >= 4 is 18.0 Å². The number of hydrogen-bond acceptors (Lipinski definition) is 6. The highest BCUT2D eigenvalue weighted by Gasteiger charge is 2.30. The van der Waals surface area contributed by atoms with E-state index in [9.17, 15) is 14.4 Å². The minimum Gasteiger partial charge on any atom is -0.394 e. The molecule has 0 rings (SSSR count). The average Bonchev–Trinajstić information content (AvgIpc) is 2.22. The zero-order chi connectivity index (χ0) is 12.0. The molecule has 0 spiro atoms. The highest BCUT2D eigenvalue weighted by molar-refractivity contribution is 6.03. The Morgan fingerprint density at radius 1 is 1.33 bits per heavy atom. The highest BCUT2D eigenvalue weighted by Crippen LogP contribution is 2.07. The van der Waals surface area contributed by atoms with Crippen LogP contribution < -0.4 is 17.2 Å². The Labute approximate surface area is 86.6 Å². The third-order valence-corrected chi connectivity index (χ3v) is 1.89. The van der Waals surface area contributed by atoms with Gasteiger partial charge in [0.15, 0.2) is 5.78 Å². The van der Waals surface area contributed by atoms with Gasteiger partial charge < -0.3 is 22.3 Å². The monoisotopic (exact) mass is 216 g/mol. The van der Waals surface area contributed by atoms with Crippen LogP contribution in [-0.2, 0) is 14.4 Å². The van der Waals surface area contributed by atoms with E-state index in [4.69, 9.17) is 22.3 Å². The molecule has 0 fully saturated rings. The van der Waals surface area contributed by atoms with E-state index in [1.54, 1.807) is 0 Å². The van der Waals surface area contributed by atoms with Crippen molar-refractivity contribution in [3.63, 3.8) is 0 Å². The molecule has 1 amide bonds. The molecule has 0 heterocycles. The summed E-state index contributed by atoms with van der Waals surface area (Å²) in [5.41, 5.74) is 15.4. The van der Waals surface area contributed by atoms with Crippen LogP contribution in [0.25, 0.3) is 0 Å². The number of amides is 1. The predicted octanol–water partition coefficient (Wildman–Crippen LogP) is -3.20. The fraction of sp³-hybridized carbons (Fsp3) is 0.625. The SMILES string of the molecule is NC(=O)C(C[C@H](N)[C]=O)C(=O)[C@@H](N)CO. The molecule has 0 aliphatic carbocycles. The van der Waals surface area contributed by atoms with Gasteiger partial charge in [-0.3, -0.25) is 14.4 Å². The second-order valence-corrected chi connectivity index (χ2v) is 3.11. The second-order valence-electron chi connectivity index (χ2n) is 3.11. The Kier molecular flexibility index (Phi) is 5.68. The van der Waals surface area contributed by atoms with E-state index in [1.165, 1.54) is 6.29 Å². The molecule has 0 aromatic carbocycles. The fourth-order valence-electron chi connectivity index (χ4n) is 1.02. The number of carbonyl (C=O) groups excluding carboxylic acids is 3. The van der Waals surface area contributed by atoms with E-state index < -0.39 is 36.3 Å². The smallest absolute Gasteiger partial charge is 0.228 e. The van der Waals surface area contributed by atoms with Crippen molar-refractivity contribution in [3.8, 4) is 0 Å². The lowest BCUT2D eigenvalue weighted by Crippen LogP contribution is -2.45. The third kappa shape index (κ3) is 4.15. The first kappa shape index (κ1) is 13.7. The molecule has 0 aliphatic heterocycles. The van der Waals surface area contributed by atoms with Gasteiger partial charge >= 0.3 is 0 Å². The molecule has 0 bridgehead atoms. The minimum atomic E-state index is -1.26. The zero-order valence-electron chi connectivity index (χ0n) is 8.05. The summed E-state index contributed by atoms with van der Waals surface area (Å²) in [6, 6.07) is -2.27. The van der Waals surface area contributed by atoms with Crippen LogP contribution in [0.3, 0.4) is 0 Å². The van der Waals surface area contributed by atoms with E-state index in [0.717, 1.165) is 0 Å². The highest BCUT2D eigenvalue weighted by atomic mass is 16.3. The summed E-state index contributed by atoms with van der Waals surface area (Å²) >= 11 is 0. The number of aliphatic hydroxyl groups is 1. The molecular formula is C8H14N3O4. The first-order chi connectivity index (χ1) is 6.93. The van der Waals surface area contributed by atoms with Gasteiger partial charge in [0.2, 0.25) is 12.2 Å². The summed E-state index contributed by atoms with van der Waals surface area (Å²) in [5.74, 6) is -2.91. The Hall–Kier alpha value is -1.31. The number of carbonyl (C=O) groups is 2. The van der Waals surface area contributed by atoms with Crippen LogP contribution in [0, 0.1) is 5.92 Å². The van der Waals surface area contributed by atoms with Gasteiger partial charge in [0.05, 0.1) is 24.6 Å². The summed E-state index contributed by atoms with van der Waals surface area (Å²) in [7, 11) is 0. The molecule has 1 unspecified atom stereocenters. The average molecular weight is 216 g/mol. The summed E-state index contributed by atoms with van der Waals surface area (Å²) in [6.07, 6.45) is 1.18.